The van der Waals surface area contributed by atoms with Crippen LogP contribution in [0.2, 0.25) is 0 Å². The van der Waals surface area contributed by atoms with E-state index in [-0.39, 0.29) is 11.0 Å². The van der Waals surface area contributed by atoms with E-state index in [2.05, 4.69) is 46.6 Å². The van der Waals surface area contributed by atoms with Crippen molar-refractivity contribution in [2.45, 2.75) is 66.3 Å². The van der Waals surface area contributed by atoms with Gasteiger partial charge in [-0.25, -0.2) is 0 Å². The van der Waals surface area contributed by atoms with Gasteiger partial charge < -0.3 is 0 Å². The number of hydrogen-bond acceptors (Lipinski definition) is 1. The number of nitrogens with zero attached hydrogens (tertiary/aromatic N) is 1. The van der Waals surface area contributed by atoms with Crippen LogP contribution in [0.3, 0.4) is 0 Å². The molecule has 0 fully saturated rings. The fourth-order valence-corrected chi connectivity index (χ4v) is 2.12. The van der Waals surface area contributed by atoms with Crippen molar-refractivity contribution in [3.63, 3.8) is 0 Å². The van der Waals surface area contributed by atoms with E-state index in [4.69, 9.17) is 0 Å². The molecule has 0 spiro atoms. The van der Waals surface area contributed by atoms with Crippen LogP contribution in [-0.4, -0.2) is 9.78 Å². The average molecular weight is 238 g/mol. The van der Waals surface area contributed by atoms with E-state index in [1.54, 1.807) is 4.68 Å². The molecule has 0 aromatic carbocycles. The second-order valence-corrected chi connectivity index (χ2v) is 6.27. The lowest BCUT2D eigenvalue weighted by molar-refractivity contribution is 0.457. The maximum atomic E-state index is 12.3. The minimum Gasteiger partial charge on any atom is -0.299 e. The number of nitrogens with one attached hydrogen (secondary N) is 1. The summed E-state index contributed by atoms with van der Waals surface area (Å²) in [5.74, 6) is 0.480. The van der Waals surface area contributed by atoms with Crippen LogP contribution in [0.5, 0.6) is 0 Å². The zero-order chi connectivity index (χ0) is 13.2. The SMILES string of the molecule is CCCc1c(C(C)(C)C)[nH]n(CC(C)C)c1=O. The van der Waals surface area contributed by atoms with Gasteiger partial charge in [-0.1, -0.05) is 48.0 Å². The van der Waals surface area contributed by atoms with Crippen molar-refractivity contribution < 1.29 is 0 Å². The third-order valence-electron chi connectivity index (χ3n) is 2.85. The summed E-state index contributed by atoms with van der Waals surface area (Å²) < 4.78 is 1.77. The normalized spacial score (nSPS) is 12.4. The predicted molar refractivity (Wildman–Crippen MR) is 72.6 cm³/mol. The molecule has 0 saturated carbocycles. The summed E-state index contributed by atoms with van der Waals surface area (Å²) in [6.45, 7) is 13.6. The van der Waals surface area contributed by atoms with Gasteiger partial charge in [-0.15, -0.1) is 0 Å². The van der Waals surface area contributed by atoms with Gasteiger partial charge in [0.2, 0.25) is 0 Å². The van der Waals surface area contributed by atoms with Gasteiger partial charge in [0.05, 0.1) is 0 Å². The molecule has 1 rings (SSSR count). The molecule has 98 valence electrons. The number of aromatic amines is 1. The highest BCUT2D eigenvalue weighted by atomic mass is 16.1. The van der Waals surface area contributed by atoms with Crippen LogP contribution < -0.4 is 5.56 Å². The summed E-state index contributed by atoms with van der Waals surface area (Å²) >= 11 is 0. The van der Waals surface area contributed by atoms with Gasteiger partial charge in [0.25, 0.3) is 5.56 Å². The van der Waals surface area contributed by atoms with E-state index in [1.165, 1.54) is 0 Å². The van der Waals surface area contributed by atoms with Crippen molar-refractivity contribution in [1.82, 2.24) is 9.78 Å². The molecule has 1 aromatic heterocycles. The minimum absolute atomic E-state index is 0.00585. The van der Waals surface area contributed by atoms with Crippen LogP contribution in [0.25, 0.3) is 0 Å². The molecule has 3 nitrogen and oxygen atoms in total. The van der Waals surface area contributed by atoms with Gasteiger partial charge in [-0.3, -0.25) is 14.6 Å². The molecule has 1 N–H and O–H groups in total. The number of H-pyrrole nitrogens is 1. The zero-order valence-electron chi connectivity index (χ0n) is 12.1. The maximum Gasteiger partial charge on any atom is 0.269 e. The molecule has 1 heterocycles. The second-order valence-electron chi connectivity index (χ2n) is 6.27. The Hall–Kier alpha value is -0.990. The van der Waals surface area contributed by atoms with Gasteiger partial charge in [-0.05, 0) is 12.3 Å². The summed E-state index contributed by atoms with van der Waals surface area (Å²) in [5.41, 5.74) is 2.25. The Kier molecular flexibility index (Phi) is 4.23. The fraction of sp³-hybridized carbons (Fsp3) is 0.786. The molecule has 0 amide bonds. The second kappa shape index (κ2) is 5.11. The van der Waals surface area contributed by atoms with Crippen LogP contribution >= 0.6 is 0 Å². The lowest BCUT2D eigenvalue weighted by Gasteiger charge is -2.18. The van der Waals surface area contributed by atoms with Gasteiger partial charge in [0, 0.05) is 23.2 Å². The van der Waals surface area contributed by atoms with E-state index in [0.717, 1.165) is 30.6 Å². The van der Waals surface area contributed by atoms with Crippen molar-refractivity contribution in [2.75, 3.05) is 0 Å². The van der Waals surface area contributed by atoms with Crippen LogP contribution in [0.15, 0.2) is 4.79 Å². The monoisotopic (exact) mass is 238 g/mol. The lowest BCUT2D eigenvalue weighted by Crippen LogP contribution is -2.21. The molecular formula is C14H26N2O. The molecule has 0 radical (unpaired) electrons. The highest BCUT2D eigenvalue weighted by molar-refractivity contribution is 5.24. The standard InChI is InChI=1S/C14H26N2O/c1-7-8-11-12(14(4,5)6)15-16(13(11)17)9-10(2)3/h10,15H,7-9H2,1-6H3. The molecule has 0 unspecified atom stereocenters. The van der Waals surface area contributed by atoms with Crippen molar-refractivity contribution in [1.29, 1.82) is 0 Å². The lowest BCUT2D eigenvalue weighted by atomic mass is 9.88. The van der Waals surface area contributed by atoms with E-state index in [0.29, 0.717) is 5.92 Å². The van der Waals surface area contributed by atoms with Gasteiger partial charge in [-0.2, -0.15) is 0 Å². The molecular weight excluding hydrogens is 212 g/mol. The molecule has 0 aliphatic heterocycles. The number of aromatic nitrogens is 2. The molecule has 0 aliphatic rings. The molecule has 0 bridgehead atoms. The summed E-state index contributed by atoms with van der Waals surface area (Å²) in [7, 11) is 0. The highest BCUT2D eigenvalue weighted by Gasteiger charge is 2.23. The first-order valence-electron chi connectivity index (χ1n) is 6.59. The summed E-state index contributed by atoms with van der Waals surface area (Å²) in [5, 5.41) is 3.31. The largest absolute Gasteiger partial charge is 0.299 e. The first-order chi connectivity index (χ1) is 7.77. The highest BCUT2D eigenvalue weighted by Crippen LogP contribution is 2.23. The molecule has 17 heavy (non-hydrogen) atoms. The smallest absolute Gasteiger partial charge is 0.269 e. The molecule has 0 aliphatic carbocycles. The number of rotatable bonds is 4. The van der Waals surface area contributed by atoms with Crippen LogP contribution in [0, 0.1) is 5.92 Å². The van der Waals surface area contributed by atoms with Crippen LogP contribution in [-0.2, 0) is 18.4 Å². The Labute approximate surface area is 104 Å². The Morgan fingerprint density at radius 1 is 1.29 bits per heavy atom. The Balaban J connectivity index is 3.25. The van der Waals surface area contributed by atoms with E-state index in [1.807, 2.05) is 0 Å². The topological polar surface area (TPSA) is 37.8 Å². The Bertz CT molecular complexity index is 418. The Morgan fingerprint density at radius 2 is 1.88 bits per heavy atom. The third-order valence-corrected chi connectivity index (χ3v) is 2.85. The predicted octanol–water partition coefficient (Wildman–Crippen LogP) is 3.08. The first-order valence-corrected chi connectivity index (χ1v) is 6.59. The zero-order valence-corrected chi connectivity index (χ0v) is 12.1. The van der Waals surface area contributed by atoms with Crippen LogP contribution in [0.1, 0.15) is 59.2 Å². The van der Waals surface area contributed by atoms with Crippen LogP contribution in [0.4, 0.5) is 0 Å². The van der Waals surface area contributed by atoms with Gasteiger partial charge in [0.1, 0.15) is 0 Å². The molecule has 0 atom stereocenters. The number of hydrogen-bond donors (Lipinski definition) is 1. The summed E-state index contributed by atoms with van der Waals surface area (Å²) in [6.07, 6.45) is 1.88. The van der Waals surface area contributed by atoms with Crippen molar-refractivity contribution in [3.05, 3.63) is 21.6 Å². The van der Waals surface area contributed by atoms with Gasteiger partial charge in [0.15, 0.2) is 0 Å². The summed E-state index contributed by atoms with van der Waals surface area (Å²) in [4.78, 5) is 12.3. The van der Waals surface area contributed by atoms with Crippen molar-refractivity contribution in [3.8, 4) is 0 Å². The van der Waals surface area contributed by atoms with E-state index < -0.39 is 0 Å². The average Bonchev–Trinajstić information content (AvgIpc) is 2.45. The maximum absolute atomic E-state index is 12.3. The minimum atomic E-state index is 0.00585. The first kappa shape index (κ1) is 14.1. The van der Waals surface area contributed by atoms with E-state index >= 15 is 0 Å². The third kappa shape index (κ3) is 3.24. The molecule has 1 aromatic rings. The van der Waals surface area contributed by atoms with Crippen molar-refractivity contribution in [2.24, 2.45) is 5.92 Å². The van der Waals surface area contributed by atoms with E-state index in [9.17, 15) is 4.79 Å². The van der Waals surface area contributed by atoms with Gasteiger partial charge >= 0.3 is 0 Å². The fourth-order valence-electron chi connectivity index (χ4n) is 2.12. The quantitative estimate of drug-likeness (QED) is 0.860. The Morgan fingerprint density at radius 3 is 2.29 bits per heavy atom. The summed E-state index contributed by atoms with van der Waals surface area (Å²) in [6, 6.07) is 0. The molecule has 0 saturated heterocycles. The van der Waals surface area contributed by atoms with Crippen molar-refractivity contribution >= 4 is 0 Å². The molecule has 3 heteroatoms.